The molecule has 0 fully saturated rings. The minimum Gasteiger partial charge on any atom is -0.444 e. The number of benzene rings is 2. The van der Waals surface area contributed by atoms with E-state index in [4.69, 9.17) is 4.74 Å². The molecule has 140 valence electrons. The molecule has 3 amide bonds. The summed E-state index contributed by atoms with van der Waals surface area (Å²) in [6.45, 7) is 8.59. The van der Waals surface area contributed by atoms with Gasteiger partial charge in [-0.05, 0) is 39.1 Å². The maximum absolute atomic E-state index is 12.2. The molecule has 0 aromatic heterocycles. The zero-order valence-electron chi connectivity index (χ0n) is 15.8. The molecule has 0 bridgehead atoms. The Bertz CT molecular complexity index is 763. The first kappa shape index (κ1) is 19.6. The molecule has 2 N–H and O–H groups in total. The van der Waals surface area contributed by atoms with E-state index in [0.717, 1.165) is 16.5 Å². The van der Waals surface area contributed by atoms with Crippen molar-refractivity contribution in [3.8, 4) is 0 Å². The fourth-order valence-corrected chi connectivity index (χ4v) is 2.51. The normalized spacial score (nSPS) is 11.1. The molecule has 0 radical (unpaired) electrons. The average molecular weight is 357 g/mol. The second kappa shape index (κ2) is 8.56. The van der Waals surface area contributed by atoms with Crippen molar-refractivity contribution < 1.29 is 14.3 Å². The maximum atomic E-state index is 12.2. The molecular formula is C20H27N3O3. The highest BCUT2D eigenvalue weighted by molar-refractivity contribution is 6.01. The van der Waals surface area contributed by atoms with Crippen molar-refractivity contribution in [1.29, 1.82) is 0 Å². The highest BCUT2D eigenvalue weighted by Gasteiger charge is 2.20. The number of likely N-dealkylation sites (N-methyl/N-ethyl adjacent to an activating group) is 1. The second-order valence-electron chi connectivity index (χ2n) is 6.97. The Balaban J connectivity index is 1.87. The maximum Gasteiger partial charge on any atom is 0.410 e. The zero-order chi connectivity index (χ0) is 19.2. The summed E-state index contributed by atoms with van der Waals surface area (Å²) >= 11 is 0. The van der Waals surface area contributed by atoms with Crippen molar-refractivity contribution in [2.24, 2.45) is 0 Å². The molecule has 0 heterocycles. The van der Waals surface area contributed by atoms with Crippen LogP contribution in [0.1, 0.15) is 27.7 Å². The van der Waals surface area contributed by atoms with Crippen LogP contribution in [0.3, 0.4) is 0 Å². The number of ether oxygens (including phenoxy) is 1. The third-order valence-corrected chi connectivity index (χ3v) is 3.74. The molecule has 26 heavy (non-hydrogen) atoms. The van der Waals surface area contributed by atoms with Crippen LogP contribution in [0.25, 0.3) is 10.8 Å². The van der Waals surface area contributed by atoms with Gasteiger partial charge in [-0.15, -0.1) is 0 Å². The van der Waals surface area contributed by atoms with Gasteiger partial charge in [0.2, 0.25) is 0 Å². The van der Waals surface area contributed by atoms with Gasteiger partial charge in [-0.2, -0.15) is 0 Å². The molecule has 2 rings (SSSR count). The van der Waals surface area contributed by atoms with Gasteiger partial charge in [-0.1, -0.05) is 36.4 Å². The topological polar surface area (TPSA) is 70.7 Å². The first-order chi connectivity index (χ1) is 12.3. The van der Waals surface area contributed by atoms with Crippen LogP contribution in [0.2, 0.25) is 0 Å². The van der Waals surface area contributed by atoms with Gasteiger partial charge in [0.1, 0.15) is 5.60 Å². The van der Waals surface area contributed by atoms with Gasteiger partial charge < -0.3 is 20.3 Å². The Hall–Kier alpha value is -2.76. The van der Waals surface area contributed by atoms with E-state index in [-0.39, 0.29) is 12.1 Å². The van der Waals surface area contributed by atoms with E-state index < -0.39 is 5.60 Å². The third kappa shape index (κ3) is 5.65. The highest BCUT2D eigenvalue weighted by atomic mass is 16.6. The van der Waals surface area contributed by atoms with E-state index in [1.807, 2.05) is 70.2 Å². The molecule has 6 nitrogen and oxygen atoms in total. The number of nitrogens with zero attached hydrogens (tertiary/aromatic N) is 1. The van der Waals surface area contributed by atoms with Gasteiger partial charge in [-0.3, -0.25) is 0 Å². The van der Waals surface area contributed by atoms with E-state index in [9.17, 15) is 9.59 Å². The summed E-state index contributed by atoms with van der Waals surface area (Å²) < 4.78 is 5.35. The summed E-state index contributed by atoms with van der Waals surface area (Å²) in [4.78, 5) is 25.8. The number of nitrogens with one attached hydrogen (secondary N) is 2. The highest BCUT2D eigenvalue weighted by Crippen LogP contribution is 2.22. The number of anilines is 1. The molecule has 0 spiro atoms. The Morgan fingerprint density at radius 1 is 1.08 bits per heavy atom. The number of carbonyl (C=O) groups is 2. The van der Waals surface area contributed by atoms with E-state index in [1.165, 1.54) is 0 Å². The lowest BCUT2D eigenvalue weighted by Crippen LogP contribution is -2.42. The summed E-state index contributed by atoms with van der Waals surface area (Å²) in [6.07, 6.45) is -0.378. The molecule has 0 aliphatic heterocycles. The van der Waals surface area contributed by atoms with Crippen molar-refractivity contribution >= 4 is 28.6 Å². The number of hydrogen-bond acceptors (Lipinski definition) is 3. The van der Waals surface area contributed by atoms with E-state index in [2.05, 4.69) is 10.6 Å². The lowest BCUT2D eigenvalue weighted by Gasteiger charge is -2.26. The van der Waals surface area contributed by atoms with Crippen LogP contribution in [-0.2, 0) is 4.74 Å². The number of amides is 3. The number of urea groups is 1. The van der Waals surface area contributed by atoms with Crippen LogP contribution in [0.5, 0.6) is 0 Å². The van der Waals surface area contributed by atoms with E-state index in [0.29, 0.717) is 19.6 Å². The molecule has 0 saturated carbocycles. The molecule has 2 aromatic carbocycles. The van der Waals surface area contributed by atoms with E-state index in [1.54, 1.807) is 4.90 Å². The first-order valence-corrected chi connectivity index (χ1v) is 8.80. The van der Waals surface area contributed by atoms with Crippen molar-refractivity contribution in [2.45, 2.75) is 33.3 Å². The lowest BCUT2D eigenvalue weighted by molar-refractivity contribution is 0.0263. The summed E-state index contributed by atoms with van der Waals surface area (Å²) in [5.41, 5.74) is 0.212. The molecule has 0 saturated heterocycles. The standard InChI is InChI=1S/C20H27N3O3/c1-5-23(19(25)26-20(2,3)4)14-13-21-18(24)22-17-12-8-10-15-9-6-7-11-16(15)17/h6-12H,5,13-14H2,1-4H3,(H2,21,22,24). The number of fused-ring (bicyclic) bond motifs is 1. The van der Waals surface area contributed by atoms with Gasteiger partial charge >= 0.3 is 12.1 Å². The Labute approximate surface area is 154 Å². The smallest absolute Gasteiger partial charge is 0.410 e. The van der Waals surface area contributed by atoms with Crippen LogP contribution >= 0.6 is 0 Å². The Morgan fingerprint density at radius 2 is 1.77 bits per heavy atom. The fraction of sp³-hybridized carbons (Fsp3) is 0.400. The molecular weight excluding hydrogens is 330 g/mol. The number of hydrogen-bond donors (Lipinski definition) is 2. The molecule has 0 aliphatic carbocycles. The molecule has 0 atom stereocenters. The minimum atomic E-state index is -0.538. The van der Waals surface area contributed by atoms with Gasteiger partial charge in [-0.25, -0.2) is 9.59 Å². The largest absolute Gasteiger partial charge is 0.444 e. The average Bonchev–Trinajstić information content (AvgIpc) is 2.57. The molecule has 2 aromatic rings. The Morgan fingerprint density at radius 3 is 2.46 bits per heavy atom. The van der Waals surface area contributed by atoms with Crippen molar-refractivity contribution in [3.63, 3.8) is 0 Å². The van der Waals surface area contributed by atoms with Crippen LogP contribution in [0.4, 0.5) is 15.3 Å². The summed E-state index contributed by atoms with van der Waals surface area (Å²) in [5.74, 6) is 0. The van der Waals surface area contributed by atoms with Crippen molar-refractivity contribution in [1.82, 2.24) is 10.2 Å². The predicted molar refractivity (Wildman–Crippen MR) is 104 cm³/mol. The summed E-state index contributed by atoms with van der Waals surface area (Å²) in [7, 11) is 0. The van der Waals surface area contributed by atoms with Gasteiger partial charge in [0.25, 0.3) is 0 Å². The fourth-order valence-electron chi connectivity index (χ4n) is 2.51. The second-order valence-corrected chi connectivity index (χ2v) is 6.97. The van der Waals surface area contributed by atoms with Crippen LogP contribution in [0, 0.1) is 0 Å². The molecule has 6 heteroatoms. The SMILES string of the molecule is CCN(CCNC(=O)Nc1cccc2ccccc12)C(=O)OC(C)(C)C. The number of carbonyl (C=O) groups excluding carboxylic acids is 2. The van der Waals surface area contributed by atoms with Gasteiger partial charge in [0, 0.05) is 25.0 Å². The van der Waals surface area contributed by atoms with Crippen LogP contribution in [-0.4, -0.2) is 42.3 Å². The van der Waals surface area contributed by atoms with E-state index >= 15 is 0 Å². The Kier molecular flexibility index (Phi) is 6.44. The predicted octanol–water partition coefficient (Wildman–Crippen LogP) is 4.22. The lowest BCUT2D eigenvalue weighted by atomic mass is 10.1. The third-order valence-electron chi connectivity index (χ3n) is 3.74. The van der Waals surface area contributed by atoms with Crippen LogP contribution < -0.4 is 10.6 Å². The minimum absolute atomic E-state index is 0.304. The molecule has 0 aliphatic rings. The van der Waals surface area contributed by atoms with Crippen molar-refractivity contribution in [3.05, 3.63) is 42.5 Å². The summed E-state index contributed by atoms with van der Waals surface area (Å²) in [6, 6.07) is 13.3. The van der Waals surface area contributed by atoms with Gasteiger partial charge in [0.05, 0.1) is 5.69 Å². The first-order valence-electron chi connectivity index (χ1n) is 8.80. The van der Waals surface area contributed by atoms with Crippen molar-refractivity contribution in [2.75, 3.05) is 25.0 Å². The quantitative estimate of drug-likeness (QED) is 0.842. The monoisotopic (exact) mass is 357 g/mol. The summed E-state index contributed by atoms with van der Waals surface area (Å²) in [5, 5.41) is 7.68. The zero-order valence-corrected chi connectivity index (χ0v) is 15.8. The molecule has 0 unspecified atom stereocenters. The van der Waals surface area contributed by atoms with Crippen LogP contribution in [0.15, 0.2) is 42.5 Å². The van der Waals surface area contributed by atoms with Gasteiger partial charge in [0.15, 0.2) is 0 Å². The number of rotatable bonds is 5.